The molecule has 42 valence electrons. The summed E-state index contributed by atoms with van der Waals surface area (Å²) in [6.07, 6.45) is 2.78. The second-order valence-corrected chi connectivity index (χ2v) is 1.79. The van der Waals surface area contributed by atoms with E-state index in [0.29, 0.717) is 9.36 Å². The Hall–Kier alpha value is -0.900. The molecule has 0 aliphatic carbocycles. The summed E-state index contributed by atoms with van der Waals surface area (Å²) in [5.74, 6) is 0. The fraction of sp³-hybridized carbons (Fsp3) is 0. The summed E-state index contributed by atoms with van der Waals surface area (Å²) in [4.78, 5) is 0.558. The van der Waals surface area contributed by atoms with Crippen molar-refractivity contribution in [3.63, 3.8) is 0 Å². The van der Waals surface area contributed by atoms with Gasteiger partial charge in [-0.25, -0.2) is 0 Å². The van der Waals surface area contributed by atoms with Crippen molar-refractivity contribution in [2.24, 2.45) is 0 Å². The van der Waals surface area contributed by atoms with Crippen molar-refractivity contribution in [1.29, 1.82) is 0 Å². The fourth-order valence-electron chi connectivity index (χ4n) is 0.389. The molecule has 1 N–H and O–H groups in total. The monoisotopic (exact) mass is 128 g/mol. The van der Waals surface area contributed by atoms with Crippen LogP contribution in [-0.2, 0) is 0 Å². The smallest absolute Gasteiger partial charge is 0.225 e. The van der Waals surface area contributed by atoms with Crippen LogP contribution >= 0.6 is 12.2 Å². The molecule has 0 fully saturated rings. The van der Waals surface area contributed by atoms with Crippen LogP contribution in [0.3, 0.4) is 0 Å². The summed E-state index contributed by atoms with van der Waals surface area (Å²) in [5, 5.41) is 12.7. The summed E-state index contributed by atoms with van der Waals surface area (Å²) in [5.41, 5.74) is 0. The van der Waals surface area contributed by atoms with E-state index in [0.717, 1.165) is 0 Å². The van der Waals surface area contributed by atoms with Gasteiger partial charge in [-0.2, -0.15) is 5.10 Å². The molecule has 0 aliphatic rings. The molecule has 0 saturated carbocycles. The number of hydrogen-bond acceptors (Lipinski definition) is 2. The molecule has 0 spiro atoms. The first kappa shape index (κ1) is 5.24. The fourth-order valence-corrected chi connectivity index (χ4v) is 0.553. The quantitative estimate of drug-likeness (QED) is 0.312. The van der Waals surface area contributed by atoms with Crippen molar-refractivity contribution < 1.29 is 4.85 Å². The van der Waals surface area contributed by atoms with Gasteiger partial charge < -0.3 is 5.21 Å². The number of H-pyrrole nitrogens is 1. The van der Waals surface area contributed by atoms with Crippen molar-refractivity contribution in [2.45, 2.75) is 0 Å². The lowest BCUT2D eigenvalue weighted by Crippen LogP contribution is -2.29. The van der Waals surface area contributed by atoms with Gasteiger partial charge in [0, 0.05) is 0 Å². The summed E-state index contributed by atoms with van der Waals surface area (Å²) in [7, 11) is 0. The molecule has 0 radical (unpaired) electrons. The molecular formula is C4H4N2OS. The van der Waals surface area contributed by atoms with Gasteiger partial charge in [-0.05, 0) is 6.07 Å². The molecule has 0 atom stereocenters. The maximum absolute atomic E-state index is 10.3. The van der Waals surface area contributed by atoms with Crippen LogP contribution in [0.5, 0.6) is 0 Å². The van der Waals surface area contributed by atoms with E-state index >= 15 is 0 Å². The Balaban J connectivity index is 3.28. The van der Waals surface area contributed by atoms with Crippen LogP contribution in [0.25, 0.3) is 0 Å². The lowest BCUT2D eigenvalue weighted by atomic mass is 10.6. The van der Waals surface area contributed by atoms with Gasteiger partial charge in [-0.15, -0.1) is 0 Å². The van der Waals surface area contributed by atoms with Gasteiger partial charge in [-0.1, -0.05) is 17.1 Å². The van der Waals surface area contributed by atoms with Crippen LogP contribution in [0.4, 0.5) is 0 Å². The van der Waals surface area contributed by atoms with Crippen molar-refractivity contribution in [3.8, 4) is 0 Å². The van der Waals surface area contributed by atoms with E-state index in [1.54, 1.807) is 6.07 Å². The Bertz CT molecular complexity index is 231. The number of nitrogens with zero attached hydrogens (tertiary/aromatic N) is 1. The molecule has 8 heavy (non-hydrogen) atoms. The van der Waals surface area contributed by atoms with E-state index < -0.39 is 0 Å². The highest BCUT2D eigenvalue weighted by atomic mass is 32.1. The Kier molecular flexibility index (Phi) is 1.26. The zero-order valence-electron chi connectivity index (χ0n) is 4.00. The SMILES string of the molecule is [O-][n+]1cc(=S)cc[nH]1. The molecule has 0 aliphatic heterocycles. The Morgan fingerprint density at radius 1 is 1.75 bits per heavy atom. The number of rotatable bonds is 0. The molecule has 0 saturated heterocycles. The second kappa shape index (κ2) is 1.92. The van der Waals surface area contributed by atoms with Gasteiger partial charge in [0.2, 0.25) is 6.20 Å². The van der Waals surface area contributed by atoms with Gasteiger partial charge in [-0.3, -0.25) is 0 Å². The molecule has 0 amide bonds. The van der Waals surface area contributed by atoms with E-state index in [2.05, 4.69) is 17.3 Å². The highest BCUT2D eigenvalue weighted by Crippen LogP contribution is 1.77. The molecule has 1 aromatic heterocycles. The minimum absolute atomic E-state index is 0.541. The molecule has 1 rings (SSSR count). The number of hydrogen-bond donors (Lipinski definition) is 1. The first-order chi connectivity index (χ1) is 3.79. The molecule has 1 aromatic rings. The maximum atomic E-state index is 10.3. The lowest BCUT2D eigenvalue weighted by Gasteiger charge is -1.88. The highest BCUT2D eigenvalue weighted by molar-refractivity contribution is 7.71. The van der Waals surface area contributed by atoms with E-state index in [1.165, 1.54) is 12.4 Å². The number of nitrogens with one attached hydrogen (secondary N) is 1. The Morgan fingerprint density at radius 2 is 2.50 bits per heavy atom. The summed E-state index contributed by atoms with van der Waals surface area (Å²) in [6.45, 7) is 0. The molecule has 1 heterocycles. The summed E-state index contributed by atoms with van der Waals surface area (Å²) in [6, 6.07) is 1.64. The Labute approximate surface area is 51.2 Å². The van der Waals surface area contributed by atoms with Gasteiger partial charge in [0.25, 0.3) is 0 Å². The molecule has 0 aromatic carbocycles. The van der Waals surface area contributed by atoms with Gasteiger partial charge in [0.1, 0.15) is 4.51 Å². The topological polar surface area (TPSA) is 42.7 Å². The molecule has 4 heteroatoms. The summed E-state index contributed by atoms with van der Waals surface area (Å²) < 4.78 is 0.541. The third-order valence-electron chi connectivity index (χ3n) is 0.694. The predicted octanol–water partition coefficient (Wildman–Crippen LogP) is 0.378. The third-order valence-corrected chi connectivity index (χ3v) is 0.935. The van der Waals surface area contributed by atoms with E-state index in [-0.39, 0.29) is 0 Å². The lowest BCUT2D eigenvalue weighted by molar-refractivity contribution is -0.669. The van der Waals surface area contributed by atoms with Crippen LogP contribution in [0, 0.1) is 9.72 Å². The predicted molar refractivity (Wildman–Crippen MR) is 30.6 cm³/mol. The molecule has 3 nitrogen and oxygen atoms in total. The minimum atomic E-state index is 0.541. The van der Waals surface area contributed by atoms with Crippen molar-refractivity contribution >= 4 is 12.2 Å². The van der Waals surface area contributed by atoms with Crippen LogP contribution < -0.4 is 4.85 Å². The van der Waals surface area contributed by atoms with Crippen LogP contribution in [0.1, 0.15) is 0 Å². The normalized spacial score (nSPS) is 9.00. The average Bonchev–Trinajstić information content (AvgIpc) is 1.64. The van der Waals surface area contributed by atoms with E-state index in [1.807, 2.05) is 0 Å². The zero-order valence-corrected chi connectivity index (χ0v) is 4.81. The molecule has 0 bridgehead atoms. The van der Waals surface area contributed by atoms with Crippen LogP contribution in [-0.4, -0.2) is 5.10 Å². The average molecular weight is 128 g/mol. The van der Waals surface area contributed by atoms with Crippen LogP contribution in [0.15, 0.2) is 18.5 Å². The molecule has 0 unspecified atom stereocenters. The van der Waals surface area contributed by atoms with Crippen molar-refractivity contribution in [3.05, 3.63) is 28.2 Å². The first-order valence-electron chi connectivity index (χ1n) is 2.07. The number of aromatic amines is 1. The standard InChI is InChI=1S/C4H4N2OS/c7-6-3-4(8)1-2-5-6/h1-3,5H. The maximum Gasteiger partial charge on any atom is 0.225 e. The molecular weight excluding hydrogens is 124 g/mol. The van der Waals surface area contributed by atoms with Crippen molar-refractivity contribution in [1.82, 2.24) is 5.10 Å². The van der Waals surface area contributed by atoms with Gasteiger partial charge >= 0.3 is 0 Å². The van der Waals surface area contributed by atoms with Gasteiger partial charge in [0.05, 0.1) is 6.20 Å². The first-order valence-corrected chi connectivity index (χ1v) is 2.48. The van der Waals surface area contributed by atoms with Crippen LogP contribution in [0.2, 0.25) is 0 Å². The van der Waals surface area contributed by atoms with Gasteiger partial charge in [0.15, 0.2) is 0 Å². The second-order valence-electron chi connectivity index (χ2n) is 1.32. The largest absolute Gasteiger partial charge is 0.596 e. The number of aromatic nitrogens is 2. The van der Waals surface area contributed by atoms with E-state index in [9.17, 15) is 5.21 Å². The third kappa shape index (κ3) is 1.04. The van der Waals surface area contributed by atoms with Crippen molar-refractivity contribution in [2.75, 3.05) is 0 Å². The van der Waals surface area contributed by atoms with E-state index in [4.69, 9.17) is 0 Å². The minimum Gasteiger partial charge on any atom is -0.596 e. The highest BCUT2D eigenvalue weighted by Gasteiger charge is 1.80. The summed E-state index contributed by atoms with van der Waals surface area (Å²) >= 11 is 4.66. The Morgan fingerprint density at radius 3 is 2.88 bits per heavy atom. The zero-order chi connectivity index (χ0) is 5.98.